The van der Waals surface area contributed by atoms with Crippen molar-refractivity contribution >= 4 is 5.91 Å². The first-order valence-electron chi connectivity index (χ1n) is 7.25. The minimum absolute atomic E-state index is 0.301. The number of primary amides is 1. The smallest absolute Gasteiger partial charge is 0.237 e. The molecule has 0 spiro atoms. The highest BCUT2D eigenvalue weighted by atomic mass is 16.5. The molecular weight excluding hydrogens is 258 g/mol. The third-order valence-electron chi connectivity index (χ3n) is 3.46. The molecule has 20 heavy (non-hydrogen) atoms. The lowest BCUT2D eigenvalue weighted by Crippen LogP contribution is -2.55. The van der Waals surface area contributed by atoms with Gasteiger partial charge in [0, 0.05) is 33.9 Å². The van der Waals surface area contributed by atoms with Crippen LogP contribution in [0.15, 0.2) is 0 Å². The Hall–Kier alpha value is -0.690. The van der Waals surface area contributed by atoms with Crippen LogP contribution >= 0.6 is 0 Å². The summed E-state index contributed by atoms with van der Waals surface area (Å²) in [6.07, 6.45) is 1.65. The van der Waals surface area contributed by atoms with Gasteiger partial charge in [-0.2, -0.15) is 0 Å². The molecule has 3 N–H and O–H groups in total. The van der Waals surface area contributed by atoms with Crippen LogP contribution in [0.1, 0.15) is 26.7 Å². The molecule has 0 aromatic rings. The van der Waals surface area contributed by atoms with Crippen LogP contribution in [-0.4, -0.2) is 70.0 Å². The maximum atomic E-state index is 11.7. The summed E-state index contributed by atoms with van der Waals surface area (Å²) in [5, 5.41) is 3.25. The lowest BCUT2D eigenvalue weighted by molar-refractivity contribution is -0.124. The third-order valence-corrected chi connectivity index (χ3v) is 3.46. The minimum Gasteiger partial charge on any atom is -0.383 e. The molecule has 0 aromatic carbocycles. The second-order valence-corrected chi connectivity index (χ2v) is 5.20. The monoisotopic (exact) mass is 289 g/mol. The van der Waals surface area contributed by atoms with E-state index >= 15 is 0 Å². The number of methoxy groups -OCH3 is 2. The topological polar surface area (TPSA) is 76.8 Å². The SMILES string of the molecule is CCCNC(C)(CCN(CCOC)CCOC)C(N)=O. The van der Waals surface area contributed by atoms with Crippen LogP contribution in [0.25, 0.3) is 0 Å². The number of rotatable bonds is 13. The van der Waals surface area contributed by atoms with Crippen LogP contribution in [0.2, 0.25) is 0 Å². The number of nitrogens with zero attached hydrogens (tertiary/aromatic N) is 1. The van der Waals surface area contributed by atoms with Gasteiger partial charge in [0.25, 0.3) is 0 Å². The summed E-state index contributed by atoms with van der Waals surface area (Å²) in [5.41, 5.74) is 4.87. The van der Waals surface area contributed by atoms with Crippen LogP contribution in [0.5, 0.6) is 0 Å². The van der Waals surface area contributed by atoms with Crippen molar-refractivity contribution in [1.82, 2.24) is 10.2 Å². The van der Waals surface area contributed by atoms with Gasteiger partial charge in [-0.3, -0.25) is 9.69 Å². The summed E-state index contributed by atoms with van der Waals surface area (Å²) >= 11 is 0. The molecule has 0 radical (unpaired) electrons. The van der Waals surface area contributed by atoms with Crippen LogP contribution in [0, 0.1) is 0 Å². The Morgan fingerprint density at radius 1 is 1.20 bits per heavy atom. The Morgan fingerprint density at radius 3 is 2.15 bits per heavy atom. The van der Waals surface area contributed by atoms with Gasteiger partial charge >= 0.3 is 0 Å². The fourth-order valence-electron chi connectivity index (χ4n) is 1.86. The zero-order chi connectivity index (χ0) is 15.4. The number of hydrogen-bond acceptors (Lipinski definition) is 5. The standard InChI is InChI=1S/C14H31N3O3/c1-5-7-16-14(2,13(15)18)6-8-17(9-11-19-3)10-12-20-4/h16H,5-12H2,1-4H3,(H2,15,18). The van der Waals surface area contributed by atoms with E-state index in [-0.39, 0.29) is 5.91 Å². The molecule has 0 saturated heterocycles. The zero-order valence-corrected chi connectivity index (χ0v) is 13.4. The summed E-state index contributed by atoms with van der Waals surface area (Å²) in [4.78, 5) is 13.9. The number of amides is 1. The van der Waals surface area contributed by atoms with Crippen LogP contribution in [0.4, 0.5) is 0 Å². The number of hydrogen-bond donors (Lipinski definition) is 2. The Balaban J connectivity index is 4.39. The number of nitrogens with two attached hydrogens (primary N) is 1. The van der Waals surface area contributed by atoms with E-state index in [0.29, 0.717) is 19.6 Å². The van der Waals surface area contributed by atoms with Gasteiger partial charge in [0.05, 0.1) is 18.8 Å². The van der Waals surface area contributed by atoms with Gasteiger partial charge in [-0.05, 0) is 26.3 Å². The van der Waals surface area contributed by atoms with Gasteiger partial charge in [0.1, 0.15) is 0 Å². The minimum atomic E-state index is -0.658. The molecule has 0 fully saturated rings. The van der Waals surface area contributed by atoms with E-state index in [1.807, 2.05) is 6.92 Å². The van der Waals surface area contributed by atoms with E-state index in [9.17, 15) is 4.79 Å². The third kappa shape index (κ3) is 7.79. The van der Waals surface area contributed by atoms with Gasteiger partial charge < -0.3 is 20.5 Å². The second-order valence-electron chi connectivity index (χ2n) is 5.20. The molecule has 0 aliphatic carbocycles. The summed E-state index contributed by atoms with van der Waals surface area (Å²) in [7, 11) is 3.37. The zero-order valence-electron chi connectivity index (χ0n) is 13.4. The molecule has 6 nitrogen and oxygen atoms in total. The van der Waals surface area contributed by atoms with Gasteiger partial charge in [0.2, 0.25) is 5.91 Å². The van der Waals surface area contributed by atoms with Crippen LogP contribution in [-0.2, 0) is 14.3 Å². The quantitative estimate of drug-likeness (QED) is 0.507. The molecule has 1 unspecified atom stereocenters. The van der Waals surface area contributed by atoms with E-state index in [0.717, 1.165) is 32.6 Å². The fraction of sp³-hybridized carbons (Fsp3) is 0.929. The van der Waals surface area contributed by atoms with Gasteiger partial charge in [-0.25, -0.2) is 0 Å². The largest absolute Gasteiger partial charge is 0.383 e. The summed E-state index contributed by atoms with van der Waals surface area (Å²) < 4.78 is 10.2. The molecule has 0 aliphatic rings. The Labute approximate surface area is 123 Å². The average Bonchev–Trinajstić information content (AvgIpc) is 2.44. The highest BCUT2D eigenvalue weighted by Crippen LogP contribution is 2.10. The van der Waals surface area contributed by atoms with Gasteiger partial charge in [-0.1, -0.05) is 6.92 Å². The predicted octanol–water partition coefficient (Wildman–Crippen LogP) is 0.215. The van der Waals surface area contributed by atoms with Crippen molar-refractivity contribution in [2.75, 3.05) is 53.6 Å². The molecule has 0 aromatic heterocycles. The summed E-state index contributed by atoms with van der Waals surface area (Å²) in [6.45, 7) is 8.48. The normalized spacial score (nSPS) is 14.4. The first-order chi connectivity index (χ1) is 9.50. The van der Waals surface area contributed by atoms with Crippen molar-refractivity contribution in [2.24, 2.45) is 5.73 Å². The number of ether oxygens (including phenoxy) is 2. The molecule has 0 rings (SSSR count). The number of nitrogens with one attached hydrogen (secondary N) is 1. The molecule has 1 atom stereocenters. The molecule has 0 bridgehead atoms. The van der Waals surface area contributed by atoms with Crippen molar-refractivity contribution in [2.45, 2.75) is 32.2 Å². The molecule has 0 heterocycles. The van der Waals surface area contributed by atoms with Gasteiger partial charge in [0.15, 0.2) is 0 Å². The maximum Gasteiger partial charge on any atom is 0.237 e. The Morgan fingerprint density at radius 2 is 1.75 bits per heavy atom. The highest BCUT2D eigenvalue weighted by molar-refractivity contribution is 5.84. The highest BCUT2D eigenvalue weighted by Gasteiger charge is 2.30. The summed E-state index contributed by atoms with van der Waals surface area (Å²) in [5.74, 6) is -0.301. The van der Waals surface area contributed by atoms with E-state index < -0.39 is 5.54 Å². The first kappa shape index (κ1) is 19.3. The number of carbonyl (C=O) groups is 1. The van der Waals surface area contributed by atoms with Crippen molar-refractivity contribution in [3.05, 3.63) is 0 Å². The Bertz CT molecular complexity index is 256. The first-order valence-corrected chi connectivity index (χ1v) is 7.25. The fourth-order valence-corrected chi connectivity index (χ4v) is 1.86. The predicted molar refractivity (Wildman–Crippen MR) is 80.7 cm³/mol. The average molecular weight is 289 g/mol. The Kier molecular flexibility index (Phi) is 10.6. The molecule has 1 amide bonds. The molecule has 0 saturated carbocycles. The van der Waals surface area contributed by atoms with Crippen LogP contribution < -0.4 is 11.1 Å². The van der Waals surface area contributed by atoms with E-state index in [4.69, 9.17) is 15.2 Å². The van der Waals surface area contributed by atoms with E-state index in [2.05, 4.69) is 17.1 Å². The van der Waals surface area contributed by atoms with E-state index in [1.165, 1.54) is 0 Å². The summed E-state index contributed by atoms with van der Waals surface area (Å²) in [6, 6.07) is 0. The molecule has 120 valence electrons. The van der Waals surface area contributed by atoms with Crippen LogP contribution in [0.3, 0.4) is 0 Å². The van der Waals surface area contributed by atoms with Crippen molar-refractivity contribution in [1.29, 1.82) is 0 Å². The van der Waals surface area contributed by atoms with Gasteiger partial charge in [-0.15, -0.1) is 0 Å². The molecule has 6 heteroatoms. The van der Waals surface area contributed by atoms with Crippen molar-refractivity contribution < 1.29 is 14.3 Å². The van der Waals surface area contributed by atoms with E-state index in [1.54, 1.807) is 14.2 Å². The number of carbonyl (C=O) groups excluding carboxylic acids is 1. The maximum absolute atomic E-state index is 11.7. The molecular formula is C14H31N3O3. The lowest BCUT2D eigenvalue weighted by Gasteiger charge is -2.31. The lowest BCUT2D eigenvalue weighted by atomic mass is 9.96. The molecule has 0 aliphatic heterocycles. The second kappa shape index (κ2) is 11.0. The van der Waals surface area contributed by atoms with Crippen molar-refractivity contribution in [3.8, 4) is 0 Å². The van der Waals surface area contributed by atoms with Crippen molar-refractivity contribution in [3.63, 3.8) is 0 Å².